The quantitative estimate of drug-likeness (QED) is 0.0233. The number of amides is 5. The Morgan fingerprint density at radius 1 is 0.264 bits per heavy atom. The van der Waals surface area contributed by atoms with E-state index in [1.807, 2.05) is 0 Å². The Hall–Kier alpha value is -8.35. The Bertz CT molecular complexity index is 3130. The summed E-state index contributed by atoms with van der Waals surface area (Å²) >= 11 is 0. The largest absolute Gasteiger partial charge is 0.494 e. The van der Waals surface area contributed by atoms with Crippen molar-refractivity contribution in [1.82, 2.24) is 0 Å². The van der Waals surface area contributed by atoms with E-state index in [2.05, 4.69) is 54.3 Å². The molecule has 1 heterocycles. The number of unbranched alkanes of at least 4 members (excludes halogenated alkanes) is 20. The van der Waals surface area contributed by atoms with E-state index in [1.54, 1.807) is 36.4 Å². The molecule has 91 heavy (non-hydrogen) atoms. The molecule has 19 nitrogen and oxygen atoms in total. The maximum Gasteiger partial charge on any atom is 0.259 e. The number of rotatable bonds is 37. The molecule has 0 spiro atoms. The molecule has 0 atom stereocenters. The molecule has 0 unspecified atom stereocenters. The van der Waals surface area contributed by atoms with Gasteiger partial charge in [-0.1, -0.05) is 162 Å². The Balaban J connectivity index is 1.57. The lowest BCUT2D eigenvalue weighted by Crippen LogP contribution is -2.20. The van der Waals surface area contributed by atoms with Gasteiger partial charge in [-0.3, -0.25) is 24.0 Å². The summed E-state index contributed by atoms with van der Waals surface area (Å²) in [6.07, 6.45) is 24.3. The number of para-hydroxylation sites is 1. The maximum absolute atomic E-state index is 15.2. The van der Waals surface area contributed by atoms with Gasteiger partial charge in [-0.05, 0) is 62.1 Å². The number of nitrogens with one attached hydrogen (secondary N) is 5. The zero-order chi connectivity index (χ0) is 65.3. The zero-order valence-electron chi connectivity index (χ0n) is 55.4. The minimum atomic E-state index is -0.722. The summed E-state index contributed by atoms with van der Waals surface area (Å²) in [5, 5.41) is 14.7. The van der Waals surface area contributed by atoms with E-state index >= 15 is 14.4 Å². The molecule has 0 saturated carbocycles. The molecule has 5 N–H and O–H groups in total. The second kappa shape index (κ2) is 39.0. The Kier molecular flexibility index (Phi) is 30.8. The Morgan fingerprint density at radius 3 is 0.736 bits per heavy atom. The van der Waals surface area contributed by atoms with Crippen LogP contribution in [0.1, 0.15) is 234 Å². The molecule has 0 radical (unpaired) electrons. The Morgan fingerprint density at radius 2 is 0.484 bits per heavy atom. The molecule has 0 aliphatic carbocycles. The van der Waals surface area contributed by atoms with Crippen molar-refractivity contribution in [2.45, 2.75) is 182 Å². The molecular weight excluding hydrogens is 1160 g/mol. The highest BCUT2D eigenvalue weighted by atomic mass is 16.5. The number of benzene rings is 5. The molecule has 5 amide bonds. The van der Waals surface area contributed by atoms with Crippen LogP contribution >= 0.6 is 0 Å². The fraction of sp³-hybridized carbons (Fsp3) is 0.514. The van der Waals surface area contributed by atoms with Crippen molar-refractivity contribution in [2.24, 2.45) is 0 Å². The topological polar surface area (TPSA) is 229 Å². The van der Waals surface area contributed by atoms with Crippen LogP contribution in [-0.2, 0) is 0 Å². The molecule has 1 aliphatic rings. The van der Waals surface area contributed by atoms with Gasteiger partial charge in [0.1, 0.15) is 23.0 Å². The van der Waals surface area contributed by atoms with E-state index in [1.165, 1.54) is 65.9 Å². The lowest BCUT2D eigenvalue weighted by Gasteiger charge is -2.21. The van der Waals surface area contributed by atoms with Crippen LogP contribution in [0.3, 0.4) is 0 Å². The number of anilines is 5. The van der Waals surface area contributed by atoms with Crippen molar-refractivity contribution in [3.8, 4) is 51.7 Å². The van der Waals surface area contributed by atoms with Crippen LogP contribution in [0.4, 0.5) is 28.4 Å². The third-order valence-corrected chi connectivity index (χ3v) is 15.8. The normalized spacial score (nSPS) is 12.5. The van der Waals surface area contributed by atoms with E-state index in [-0.39, 0.29) is 108 Å². The van der Waals surface area contributed by atoms with E-state index in [4.69, 9.17) is 42.6 Å². The third-order valence-electron chi connectivity index (χ3n) is 15.8. The number of carbonyl (C=O) groups excluding carboxylic acids is 5. The fourth-order valence-electron chi connectivity index (χ4n) is 10.9. The first kappa shape index (κ1) is 71.7. The molecule has 5 aromatic carbocycles. The average molecular weight is 1260 g/mol. The van der Waals surface area contributed by atoms with Gasteiger partial charge in [0.2, 0.25) is 0 Å². The van der Waals surface area contributed by atoms with E-state index in [9.17, 15) is 9.59 Å². The molecule has 0 fully saturated rings. The van der Waals surface area contributed by atoms with Crippen LogP contribution in [0, 0.1) is 0 Å². The lowest BCUT2D eigenvalue weighted by molar-refractivity contribution is 0.100. The van der Waals surface area contributed by atoms with Gasteiger partial charge >= 0.3 is 0 Å². The minimum absolute atomic E-state index is 0.000367. The maximum atomic E-state index is 15.2. The molecule has 1 aliphatic heterocycles. The molecule has 6 rings (SSSR count). The number of hydrogen-bond acceptors (Lipinski definition) is 14. The second-order valence-electron chi connectivity index (χ2n) is 22.8. The molecule has 496 valence electrons. The highest BCUT2D eigenvalue weighted by Crippen LogP contribution is 2.43. The van der Waals surface area contributed by atoms with Gasteiger partial charge in [0, 0.05) is 24.3 Å². The van der Waals surface area contributed by atoms with Gasteiger partial charge in [-0.15, -0.1) is 0 Å². The van der Waals surface area contributed by atoms with Crippen LogP contribution in [0.15, 0.2) is 66.7 Å². The van der Waals surface area contributed by atoms with Crippen LogP contribution in [-0.4, -0.2) is 91.5 Å². The SMILES string of the molecule is CCCCCCCCOc1cc2c(OC)c(c1)C(=O)Nc1cc(OCCCCCCCC)cc(c1OC)C(=O)Nc1cc(OCCCCCCCC)cc(c1OC)C(=O)Nc1cc(OCCCCCCCC)cc(c1OC)C(=O)Nc1cccc(c1OC)C(=O)N2. The van der Waals surface area contributed by atoms with Crippen molar-refractivity contribution in [3.05, 3.63) is 94.5 Å². The Labute approximate surface area is 539 Å². The smallest absolute Gasteiger partial charge is 0.259 e. The van der Waals surface area contributed by atoms with Gasteiger partial charge in [-0.2, -0.15) is 0 Å². The number of ether oxygens (including phenoxy) is 9. The highest BCUT2D eigenvalue weighted by Gasteiger charge is 2.30. The number of methoxy groups -OCH3 is 5. The van der Waals surface area contributed by atoms with Crippen molar-refractivity contribution in [3.63, 3.8) is 0 Å². The van der Waals surface area contributed by atoms with E-state index in [0.29, 0.717) is 26.4 Å². The van der Waals surface area contributed by atoms with Crippen LogP contribution in [0.2, 0.25) is 0 Å². The van der Waals surface area contributed by atoms with Crippen LogP contribution < -0.4 is 69.2 Å². The molecule has 19 heteroatoms. The molecule has 5 aromatic rings. The van der Waals surface area contributed by atoms with Gasteiger partial charge in [0.05, 0.1) is 118 Å². The van der Waals surface area contributed by atoms with Crippen LogP contribution in [0.25, 0.3) is 0 Å². The van der Waals surface area contributed by atoms with Crippen molar-refractivity contribution >= 4 is 58.0 Å². The summed E-state index contributed by atoms with van der Waals surface area (Å²) in [6.45, 7) is 9.92. The number of hydrogen-bond donors (Lipinski definition) is 5. The molecule has 10 bridgehead atoms. The van der Waals surface area contributed by atoms with Gasteiger partial charge in [0.15, 0.2) is 28.7 Å². The predicted molar refractivity (Wildman–Crippen MR) is 360 cm³/mol. The summed E-state index contributed by atoms with van der Waals surface area (Å²) in [6, 6.07) is 17.1. The van der Waals surface area contributed by atoms with Crippen LogP contribution in [0.5, 0.6) is 51.7 Å². The van der Waals surface area contributed by atoms with E-state index in [0.717, 1.165) is 154 Å². The molecule has 0 saturated heterocycles. The van der Waals surface area contributed by atoms with E-state index < -0.39 is 29.5 Å². The number of fused-ring (bicyclic) bond motifs is 10. The third kappa shape index (κ3) is 21.4. The van der Waals surface area contributed by atoms with Gasteiger partial charge in [-0.25, -0.2) is 0 Å². The standard InChI is InChI=1S/C72H99N5O14/c1-10-14-18-22-26-30-37-88-49-41-54-64(84-6)60(46-49)75-71(81)56-43-51(90-39-32-28-24-20-16-12-3)48-62(66(56)86-8)77-72(82)57-44-52(91-40-33-29-25-21-17-13-4)47-61(67(57)87-9)76-70(80)55-42-50(89-38-31-27-23-19-15-11-2)45-59(65(55)85-7)74-68(78)53-35-34-36-58(63(53)83-5)73-69(54)79/h34-36,41-48H,10-33,37-40H2,1-9H3,(H,73,79)(H,74,78)(H,75,81)(H,76,80)(H,77,82). The summed E-state index contributed by atoms with van der Waals surface area (Å²) < 4.78 is 55.4. The average Bonchev–Trinajstić information content (AvgIpc) is 0.941. The molecule has 0 aromatic heterocycles. The van der Waals surface area contributed by atoms with Crippen molar-refractivity contribution < 1.29 is 66.6 Å². The zero-order valence-corrected chi connectivity index (χ0v) is 55.4. The van der Waals surface area contributed by atoms with Crippen molar-refractivity contribution in [2.75, 3.05) is 88.6 Å². The molecular formula is C72H99N5O14. The predicted octanol–water partition coefficient (Wildman–Crippen LogP) is 17.3. The summed E-state index contributed by atoms with van der Waals surface area (Å²) in [5.41, 5.74) is 0.229. The monoisotopic (exact) mass is 1260 g/mol. The highest BCUT2D eigenvalue weighted by molar-refractivity contribution is 6.16. The second-order valence-corrected chi connectivity index (χ2v) is 22.8. The summed E-state index contributed by atoms with van der Waals surface area (Å²) in [5.74, 6) is -2.64. The summed E-state index contributed by atoms with van der Waals surface area (Å²) in [7, 11) is 6.87. The van der Waals surface area contributed by atoms with Gasteiger partial charge in [0.25, 0.3) is 29.5 Å². The first-order valence-electron chi connectivity index (χ1n) is 33.0. The van der Waals surface area contributed by atoms with Gasteiger partial charge < -0.3 is 69.2 Å². The van der Waals surface area contributed by atoms with Crippen molar-refractivity contribution in [1.29, 1.82) is 0 Å². The number of carbonyl (C=O) groups is 5. The first-order chi connectivity index (χ1) is 44.4. The fourth-order valence-corrected chi connectivity index (χ4v) is 10.9. The lowest BCUT2D eigenvalue weighted by atomic mass is 10.1. The summed E-state index contributed by atoms with van der Waals surface area (Å²) in [4.78, 5) is 75.1. The minimum Gasteiger partial charge on any atom is -0.494 e. The first-order valence-corrected chi connectivity index (χ1v) is 33.0.